The van der Waals surface area contributed by atoms with Gasteiger partial charge in [-0.15, -0.1) is 0 Å². The number of nitrogens with one attached hydrogen (secondary N) is 1. The number of nitro benzene ring substituents is 1. The maximum Gasteiger partial charge on any atom is 0.273 e. The zero-order valence-corrected chi connectivity index (χ0v) is 12.1. The highest BCUT2D eigenvalue weighted by molar-refractivity contribution is 5.91. The molecule has 0 aliphatic carbocycles. The van der Waals surface area contributed by atoms with Crippen molar-refractivity contribution in [2.75, 3.05) is 19.0 Å². The highest BCUT2D eigenvalue weighted by atomic mass is 19.1. The van der Waals surface area contributed by atoms with Crippen molar-refractivity contribution in [3.63, 3.8) is 0 Å². The number of nitrogens with zero attached hydrogens (tertiary/aromatic N) is 1. The molecule has 0 atom stereocenters. The first-order valence-corrected chi connectivity index (χ1v) is 6.50. The molecule has 7 nitrogen and oxygen atoms in total. The molecule has 0 heterocycles. The van der Waals surface area contributed by atoms with E-state index in [1.54, 1.807) is 0 Å². The zero-order valence-electron chi connectivity index (χ0n) is 12.1. The molecular formula is C15H13FN2O5. The van der Waals surface area contributed by atoms with E-state index in [4.69, 9.17) is 9.47 Å². The number of rotatable bonds is 6. The Morgan fingerprint density at radius 3 is 2.52 bits per heavy atom. The number of amides is 1. The van der Waals surface area contributed by atoms with Crippen molar-refractivity contribution in [1.29, 1.82) is 0 Å². The van der Waals surface area contributed by atoms with Crippen LogP contribution in [0.4, 0.5) is 15.8 Å². The summed E-state index contributed by atoms with van der Waals surface area (Å²) < 4.78 is 23.1. The van der Waals surface area contributed by atoms with Crippen molar-refractivity contribution in [3.05, 3.63) is 58.4 Å². The molecule has 1 amide bonds. The van der Waals surface area contributed by atoms with Gasteiger partial charge in [-0.2, -0.15) is 0 Å². The minimum atomic E-state index is -0.578. The Morgan fingerprint density at radius 1 is 1.22 bits per heavy atom. The monoisotopic (exact) mass is 320 g/mol. The summed E-state index contributed by atoms with van der Waals surface area (Å²) in [6.07, 6.45) is 0. The van der Waals surface area contributed by atoms with Gasteiger partial charge in [-0.3, -0.25) is 14.9 Å². The maximum atomic E-state index is 12.8. The van der Waals surface area contributed by atoms with Crippen LogP contribution in [0.2, 0.25) is 0 Å². The van der Waals surface area contributed by atoms with Crippen LogP contribution in [-0.4, -0.2) is 24.5 Å². The van der Waals surface area contributed by atoms with Gasteiger partial charge < -0.3 is 14.8 Å². The fourth-order valence-corrected chi connectivity index (χ4v) is 1.77. The Labute approximate surface area is 130 Å². The van der Waals surface area contributed by atoms with Gasteiger partial charge in [-0.05, 0) is 30.3 Å². The Bertz CT molecular complexity index is 718. The van der Waals surface area contributed by atoms with E-state index in [1.165, 1.54) is 49.6 Å². The predicted molar refractivity (Wildman–Crippen MR) is 80.2 cm³/mol. The summed E-state index contributed by atoms with van der Waals surface area (Å²) in [5.74, 6) is -0.563. The van der Waals surface area contributed by atoms with E-state index in [1.807, 2.05) is 0 Å². The molecular weight excluding hydrogens is 307 g/mol. The number of nitro groups is 1. The lowest BCUT2D eigenvalue weighted by atomic mass is 10.3. The number of anilines is 1. The lowest BCUT2D eigenvalue weighted by Crippen LogP contribution is -2.20. The average molecular weight is 320 g/mol. The van der Waals surface area contributed by atoms with Crippen molar-refractivity contribution in [2.24, 2.45) is 0 Å². The summed E-state index contributed by atoms with van der Waals surface area (Å²) in [6, 6.07) is 9.04. The standard InChI is InChI=1S/C15H13FN2O5/c1-22-13-7-6-12(18(20)21)8-14(13)23-9-15(19)17-11-4-2-10(16)3-5-11/h2-8H,9H2,1H3,(H,17,19). The van der Waals surface area contributed by atoms with E-state index < -0.39 is 16.6 Å². The van der Waals surface area contributed by atoms with Crippen molar-refractivity contribution in [1.82, 2.24) is 0 Å². The molecule has 1 N–H and O–H groups in total. The number of hydrogen-bond donors (Lipinski definition) is 1. The van der Waals surface area contributed by atoms with Gasteiger partial charge in [0.25, 0.3) is 11.6 Å². The van der Waals surface area contributed by atoms with Gasteiger partial charge in [0.05, 0.1) is 18.1 Å². The molecule has 120 valence electrons. The molecule has 0 aliphatic heterocycles. The van der Waals surface area contributed by atoms with E-state index in [0.717, 1.165) is 0 Å². The second-order valence-corrected chi connectivity index (χ2v) is 4.44. The number of methoxy groups -OCH3 is 1. The van der Waals surface area contributed by atoms with Crippen molar-refractivity contribution in [2.45, 2.75) is 0 Å². The van der Waals surface area contributed by atoms with Crippen molar-refractivity contribution < 1.29 is 23.6 Å². The van der Waals surface area contributed by atoms with E-state index >= 15 is 0 Å². The molecule has 0 bridgehead atoms. The van der Waals surface area contributed by atoms with Gasteiger partial charge >= 0.3 is 0 Å². The molecule has 2 rings (SSSR count). The Morgan fingerprint density at radius 2 is 1.91 bits per heavy atom. The highest BCUT2D eigenvalue weighted by Gasteiger charge is 2.14. The summed E-state index contributed by atoms with van der Waals surface area (Å²) in [5, 5.41) is 13.3. The summed E-state index contributed by atoms with van der Waals surface area (Å²) in [5.41, 5.74) is 0.228. The molecule has 0 radical (unpaired) electrons. The highest BCUT2D eigenvalue weighted by Crippen LogP contribution is 2.31. The first kappa shape index (κ1) is 16.2. The van der Waals surface area contributed by atoms with Crippen LogP contribution < -0.4 is 14.8 Å². The number of carbonyl (C=O) groups is 1. The summed E-state index contributed by atoms with van der Waals surface area (Å²) in [4.78, 5) is 22.0. The average Bonchev–Trinajstić information content (AvgIpc) is 2.54. The minimum Gasteiger partial charge on any atom is -0.493 e. The Hall–Kier alpha value is -3.16. The van der Waals surface area contributed by atoms with E-state index in [2.05, 4.69) is 5.32 Å². The van der Waals surface area contributed by atoms with E-state index in [0.29, 0.717) is 5.69 Å². The Kier molecular flexibility index (Phi) is 5.08. The van der Waals surface area contributed by atoms with Crippen molar-refractivity contribution in [3.8, 4) is 11.5 Å². The smallest absolute Gasteiger partial charge is 0.273 e. The fourth-order valence-electron chi connectivity index (χ4n) is 1.77. The van der Waals surface area contributed by atoms with Crippen LogP contribution in [0.3, 0.4) is 0 Å². The lowest BCUT2D eigenvalue weighted by Gasteiger charge is -2.10. The molecule has 2 aromatic carbocycles. The van der Waals surface area contributed by atoms with Crippen LogP contribution in [0.25, 0.3) is 0 Å². The first-order valence-electron chi connectivity index (χ1n) is 6.50. The topological polar surface area (TPSA) is 90.7 Å². The zero-order chi connectivity index (χ0) is 16.8. The minimum absolute atomic E-state index is 0.0796. The summed E-state index contributed by atoms with van der Waals surface area (Å²) in [6.45, 7) is -0.380. The number of halogens is 1. The van der Waals surface area contributed by atoms with Crippen LogP contribution in [0.15, 0.2) is 42.5 Å². The molecule has 0 saturated heterocycles. The third kappa shape index (κ3) is 4.40. The molecule has 2 aromatic rings. The maximum absolute atomic E-state index is 12.8. The van der Waals surface area contributed by atoms with Crippen LogP contribution in [0.5, 0.6) is 11.5 Å². The normalized spacial score (nSPS) is 10.0. The van der Waals surface area contributed by atoms with Gasteiger partial charge in [0, 0.05) is 11.8 Å². The van der Waals surface area contributed by atoms with Crippen LogP contribution in [0, 0.1) is 15.9 Å². The number of carbonyl (C=O) groups excluding carboxylic acids is 1. The van der Waals surface area contributed by atoms with Crippen LogP contribution in [-0.2, 0) is 4.79 Å². The fraction of sp³-hybridized carbons (Fsp3) is 0.133. The molecule has 8 heteroatoms. The molecule has 0 unspecified atom stereocenters. The van der Waals surface area contributed by atoms with Gasteiger partial charge in [-0.25, -0.2) is 4.39 Å². The number of hydrogen-bond acceptors (Lipinski definition) is 5. The quantitative estimate of drug-likeness (QED) is 0.653. The van der Waals surface area contributed by atoms with Gasteiger partial charge in [0.15, 0.2) is 18.1 Å². The molecule has 0 spiro atoms. The van der Waals surface area contributed by atoms with Crippen LogP contribution in [0.1, 0.15) is 0 Å². The molecule has 23 heavy (non-hydrogen) atoms. The predicted octanol–water partition coefficient (Wildman–Crippen LogP) is 2.76. The van der Waals surface area contributed by atoms with E-state index in [9.17, 15) is 19.3 Å². The third-order valence-electron chi connectivity index (χ3n) is 2.84. The van der Waals surface area contributed by atoms with Gasteiger partial charge in [-0.1, -0.05) is 0 Å². The molecule has 0 aromatic heterocycles. The second kappa shape index (κ2) is 7.21. The SMILES string of the molecule is COc1ccc([N+](=O)[O-])cc1OCC(=O)Nc1ccc(F)cc1. The summed E-state index contributed by atoms with van der Waals surface area (Å²) in [7, 11) is 1.38. The van der Waals surface area contributed by atoms with Gasteiger partial charge in [0.2, 0.25) is 0 Å². The van der Waals surface area contributed by atoms with E-state index in [-0.39, 0.29) is 23.8 Å². The lowest BCUT2D eigenvalue weighted by molar-refractivity contribution is -0.385. The largest absolute Gasteiger partial charge is 0.493 e. The van der Waals surface area contributed by atoms with Crippen LogP contribution >= 0.6 is 0 Å². The third-order valence-corrected chi connectivity index (χ3v) is 2.84. The van der Waals surface area contributed by atoms with Crippen molar-refractivity contribution >= 4 is 17.3 Å². The Balaban J connectivity index is 2.01. The number of non-ortho nitro benzene ring substituents is 1. The number of ether oxygens (including phenoxy) is 2. The first-order chi connectivity index (χ1) is 11.0. The number of benzene rings is 2. The molecule has 0 saturated carbocycles. The second-order valence-electron chi connectivity index (χ2n) is 4.44. The molecule has 0 fully saturated rings. The molecule has 0 aliphatic rings. The summed E-state index contributed by atoms with van der Waals surface area (Å²) >= 11 is 0. The van der Waals surface area contributed by atoms with Gasteiger partial charge in [0.1, 0.15) is 5.82 Å².